The van der Waals surface area contributed by atoms with Gasteiger partial charge < -0.3 is 0 Å². The Morgan fingerprint density at radius 1 is 0.864 bits per heavy atom. The van der Waals surface area contributed by atoms with Crippen LogP contribution in [0.1, 0.15) is 158 Å². The molecule has 0 saturated carbocycles. The van der Waals surface area contributed by atoms with Crippen LogP contribution in [0, 0.1) is 0 Å². The first-order valence-electron chi connectivity index (χ1n) is 17.4. The summed E-state index contributed by atoms with van der Waals surface area (Å²) >= 11 is 0. The number of unbranched alkanes of at least 4 members (excludes halogenated alkanes) is 4. The number of benzene rings is 1. The summed E-state index contributed by atoms with van der Waals surface area (Å²) in [5.41, 5.74) is 4.83. The van der Waals surface area contributed by atoms with E-state index in [4.69, 9.17) is 0 Å². The molecule has 3 nitrogen and oxygen atoms in total. The first-order chi connectivity index (χ1) is 21.3. The molecule has 1 atom stereocenters. The van der Waals surface area contributed by atoms with E-state index in [0.717, 1.165) is 23.4 Å². The molecule has 0 saturated heterocycles. The summed E-state index contributed by atoms with van der Waals surface area (Å²) in [6.07, 6.45) is 20.5. The van der Waals surface area contributed by atoms with Crippen molar-refractivity contribution >= 4 is 17.6 Å². The third kappa shape index (κ3) is 30.5. The van der Waals surface area contributed by atoms with Gasteiger partial charge in [-0.2, -0.15) is 5.10 Å². The SMILES string of the molecule is C/C=C\C/C(C)=C\C.C=C.C=C(/C=N\c1ccnn1C)c1ccc(C(C)CCC)cc1.CC.CC.CC.CCCCCCC. The Balaban J connectivity index is -0.000000183. The largest absolute Gasteiger partial charge is 0.251 e. The van der Waals surface area contributed by atoms with E-state index < -0.39 is 0 Å². The first-order valence-corrected chi connectivity index (χ1v) is 17.4. The Kier molecular flexibility index (Phi) is 48.6. The molecule has 1 unspecified atom stereocenters. The lowest BCUT2D eigenvalue weighted by atomic mass is 9.95. The summed E-state index contributed by atoms with van der Waals surface area (Å²) in [7, 11) is 1.87. The second kappa shape index (κ2) is 42.2. The fraction of sp³-hybridized carbons (Fsp3) is 0.561. The smallest absolute Gasteiger partial charge is 0.150 e. The highest BCUT2D eigenvalue weighted by molar-refractivity contribution is 6.09. The van der Waals surface area contributed by atoms with Crippen LogP contribution >= 0.6 is 0 Å². The van der Waals surface area contributed by atoms with Gasteiger partial charge in [0.2, 0.25) is 0 Å². The molecule has 2 rings (SSSR count). The summed E-state index contributed by atoms with van der Waals surface area (Å²) in [5.74, 6) is 1.43. The third-order valence-electron chi connectivity index (χ3n) is 6.10. The highest BCUT2D eigenvalue weighted by Gasteiger charge is 2.04. The molecule has 0 fully saturated rings. The molecule has 1 heterocycles. The van der Waals surface area contributed by atoms with Gasteiger partial charge in [0.25, 0.3) is 0 Å². The van der Waals surface area contributed by atoms with Crippen LogP contribution < -0.4 is 0 Å². The van der Waals surface area contributed by atoms with E-state index in [-0.39, 0.29) is 0 Å². The number of hydrogen-bond donors (Lipinski definition) is 0. The molecular formula is C41H75N3. The van der Waals surface area contributed by atoms with Crippen molar-refractivity contribution in [2.24, 2.45) is 12.0 Å². The topological polar surface area (TPSA) is 30.2 Å². The van der Waals surface area contributed by atoms with E-state index in [9.17, 15) is 0 Å². The highest BCUT2D eigenvalue weighted by Crippen LogP contribution is 2.22. The maximum atomic E-state index is 4.40. The Morgan fingerprint density at radius 3 is 1.77 bits per heavy atom. The number of aryl methyl sites for hydroxylation is 1. The summed E-state index contributed by atoms with van der Waals surface area (Å²) in [4.78, 5) is 4.40. The number of allylic oxidation sites excluding steroid dienone is 5. The van der Waals surface area contributed by atoms with E-state index in [2.05, 4.69) is 114 Å². The Bertz CT molecular complexity index is 910. The molecule has 0 aliphatic carbocycles. The summed E-state index contributed by atoms with van der Waals surface area (Å²) in [5, 5.41) is 4.09. The number of aliphatic imine (C=N–C) groups is 1. The lowest BCUT2D eigenvalue weighted by molar-refractivity contribution is 0.656. The summed E-state index contributed by atoms with van der Waals surface area (Å²) in [6, 6.07) is 10.5. The summed E-state index contributed by atoms with van der Waals surface area (Å²) in [6.45, 7) is 37.3. The van der Waals surface area contributed by atoms with Gasteiger partial charge >= 0.3 is 0 Å². The Morgan fingerprint density at radius 2 is 1.39 bits per heavy atom. The number of hydrogen-bond acceptors (Lipinski definition) is 2. The molecule has 0 bridgehead atoms. The van der Waals surface area contributed by atoms with Gasteiger partial charge in [0.1, 0.15) is 5.82 Å². The molecule has 0 amide bonds. The van der Waals surface area contributed by atoms with Crippen LogP contribution in [0.3, 0.4) is 0 Å². The van der Waals surface area contributed by atoms with Gasteiger partial charge in [-0.25, -0.2) is 4.99 Å². The molecule has 1 aromatic heterocycles. The van der Waals surface area contributed by atoms with Gasteiger partial charge in [-0.05, 0) is 56.2 Å². The molecule has 0 aliphatic heterocycles. The minimum absolute atomic E-state index is 0.612. The zero-order valence-corrected chi connectivity index (χ0v) is 32.0. The molecule has 2 aromatic rings. The molecule has 0 spiro atoms. The van der Waals surface area contributed by atoms with Crippen LogP contribution in [0.5, 0.6) is 0 Å². The second-order valence-corrected chi connectivity index (χ2v) is 9.38. The number of nitrogens with zero attached hydrogens (tertiary/aromatic N) is 3. The van der Waals surface area contributed by atoms with Crippen molar-refractivity contribution in [3.05, 3.63) is 91.2 Å². The van der Waals surface area contributed by atoms with Crippen molar-refractivity contribution in [2.45, 2.75) is 147 Å². The van der Waals surface area contributed by atoms with Crippen LogP contribution in [0.4, 0.5) is 5.82 Å². The lowest BCUT2D eigenvalue weighted by Crippen LogP contribution is -1.93. The monoisotopic (exact) mass is 610 g/mol. The van der Waals surface area contributed by atoms with Crippen molar-refractivity contribution in [2.75, 3.05) is 0 Å². The maximum Gasteiger partial charge on any atom is 0.150 e. The number of aromatic nitrogens is 2. The van der Waals surface area contributed by atoms with Gasteiger partial charge in [-0.15, -0.1) is 13.2 Å². The van der Waals surface area contributed by atoms with Crippen LogP contribution in [0.2, 0.25) is 0 Å². The van der Waals surface area contributed by atoms with Crippen molar-refractivity contribution in [3.63, 3.8) is 0 Å². The predicted molar refractivity (Wildman–Crippen MR) is 209 cm³/mol. The zero-order valence-electron chi connectivity index (χ0n) is 32.0. The number of rotatable bonds is 12. The average molecular weight is 610 g/mol. The van der Waals surface area contributed by atoms with Gasteiger partial charge in [-0.3, -0.25) is 4.68 Å². The zero-order chi connectivity index (χ0) is 35.2. The third-order valence-corrected chi connectivity index (χ3v) is 6.10. The molecule has 0 radical (unpaired) electrons. The highest BCUT2D eigenvalue weighted by atomic mass is 15.3. The predicted octanol–water partition coefficient (Wildman–Crippen LogP) is 14.5. The van der Waals surface area contributed by atoms with Crippen molar-refractivity contribution in [3.8, 4) is 0 Å². The van der Waals surface area contributed by atoms with E-state index >= 15 is 0 Å². The van der Waals surface area contributed by atoms with Crippen LogP contribution in [0.25, 0.3) is 5.57 Å². The second-order valence-electron chi connectivity index (χ2n) is 9.38. The molecule has 1 aromatic carbocycles. The average Bonchev–Trinajstić information content (AvgIpc) is 3.51. The molecule has 0 N–H and O–H groups in total. The van der Waals surface area contributed by atoms with E-state index in [1.165, 1.54) is 56.1 Å². The van der Waals surface area contributed by atoms with E-state index in [1.54, 1.807) is 17.1 Å². The molecule has 3 heteroatoms. The first kappa shape index (κ1) is 50.7. The fourth-order valence-electron chi connectivity index (χ4n) is 3.44. The van der Waals surface area contributed by atoms with Crippen LogP contribution in [-0.4, -0.2) is 16.0 Å². The fourth-order valence-corrected chi connectivity index (χ4v) is 3.44. The molecular weight excluding hydrogens is 534 g/mol. The van der Waals surface area contributed by atoms with Gasteiger partial charge in [-0.1, -0.05) is 162 Å². The van der Waals surface area contributed by atoms with Crippen molar-refractivity contribution in [1.29, 1.82) is 0 Å². The van der Waals surface area contributed by atoms with E-state index in [0.29, 0.717) is 5.92 Å². The quantitative estimate of drug-likeness (QED) is 0.134. The summed E-state index contributed by atoms with van der Waals surface area (Å²) < 4.78 is 1.74. The van der Waals surface area contributed by atoms with Gasteiger partial charge in [0.05, 0.1) is 6.20 Å². The van der Waals surface area contributed by atoms with Crippen LogP contribution in [-0.2, 0) is 7.05 Å². The van der Waals surface area contributed by atoms with Crippen molar-refractivity contribution in [1.82, 2.24) is 9.78 Å². The lowest BCUT2D eigenvalue weighted by Gasteiger charge is -2.11. The van der Waals surface area contributed by atoms with Gasteiger partial charge in [0.15, 0.2) is 0 Å². The van der Waals surface area contributed by atoms with Gasteiger partial charge in [0, 0.05) is 19.3 Å². The van der Waals surface area contributed by atoms with Crippen molar-refractivity contribution < 1.29 is 0 Å². The minimum atomic E-state index is 0.612. The Hall–Kier alpha value is -2.94. The van der Waals surface area contributed by atoms with E-state index in [1.807, 2.05) is 61.6 Å². The minimum Gasteiger partial charge on any atom is -0.251 e. The van der Waals surface area contributed by atoms with Crippen LogP contribution in [0.15, 0.2) is 85.1 Å². The molecule has 0 aliphatic rings. The normalized spacial score (nSPS) is 10.5. The maximum absolute atomic E-state index is 4.40. The Labute approximate surface area is 277 Å². The molecule has 254 valence electrons. The molecule has 44 heavy (non-hydrogen) atoms. The standard InChI is InChI=1S/C18H23N3.C8H14.C7H16.3C2H6.C2H4/c1-5-6-14(2)16-7-9-17(10-8-16)15(3)13-19-18-11-12-20-21(18)4;1-4-6-7-8(3)5-2;1-3-5-7-6-4-2;4*1-2/h7-14H,3,5-6H2,1-2,4H3;4-6H,7H2,1-3H3;3-7H2,1-2H3;3*1-2H3;1-2H2/b19-13-;6-4-,8-5-;;;;;.